The van der Waals surface area contributed by atoms with Gasteiger partial charge in [0, 0.05) is 7.05 Å². The van der Waals surface area contributed by atoms with E-state index in [0.29, 0.717) is 12.2 Å². The Hall–Kier alpha value is -1.75. The van der Waals surface area contributed by atoms with Gasteiger partial charge in [0.05, 0.1) is 24.8 Å². The molecule has 1 heterocycles. The minimum absolute atomic E-state index is 0.288. The quantitative estimate of drug-likeness (QED) is 0.821. The fourth-order valence-electron chi connectivity index (χ4n) is 1.86. The van der Waals surface area contributed by atoms with Gasteiger partial charge in [-0.2, -0.15) is 0 Å². The summed E-state index contributed by atoms with van der Waals surface area (Å²) in [7, 11) is 1.94. The standard InChI is InChI=1S/C12H15NO4/c1-13-4-5-17-11-3-2-8(6-9(11)13)10(14)7-12(15)16/h2-3,6,10,14H,4-5,7H2,1H3,(H,15,16)/t10-/m1/s1. The molecule has 1 aromatic rings. The summed E-state index contributed by atoms with van der Waals surface area (Å²) in [5, 5.41) is 18.4. The summed E-state index contributed by atoms with van der Waals surface area (Å²) in [4.78, 5) is 12.6. The molecule has 92 valence electrons. The zero-order chi connectivity index (χ0) is 12.4. The minimum atomic E-state index is -1.01. The van der Waals surface area contributed by atoms with Crippen LogP contribution in [0.15, 0.2) is 18.2 Å². The molecular formula is C12H15NO4. The van der Waals surface area contributed by atoms with Crippen LogP contribution in [0.3, 0.4) is 0 Å². The first-order valence-electron chi connectivity index (χ1n) is 5.45. The number of carbonyl (C=O) groups is 1. The Labute approximate surface area is 99.2 Å². The van der Waals surface area contributed by atoms with Crippen LogP contribution in [0.1, 0.15) is 18.1 Å². The van der Waals surface area contributed by atoms with Gasteiger partial charge in [-0.25, -0.2) is 0 Å². The minimum Gasteiger partial charge on any atom is -0.490 e. The highest BCUT2D eigenvalue weighted by molar-refractivity contribution is 5.68. The van der Waals surface area contributed by atoms with Gasteiger partial charge in [-0.15, -0.1) is 0 Å². The van der Waals surface area contributed by atoms with Gasteiger partial charge in [0.2, 0.25) is 0 Å². The molecule has 1 aliphatic rings. The molecule has 1 aliphatic heterocycles. The molecule has 2 rings (SSSR count). The van der Waals surface area contributed by atoms with Crippen molar-refractivity contribution < 1.29 is 19.7 Å². The van der Waals surface area contributed by atoms with Crippen LogP contribution in [0.4, 0.5) is 5.69 Å². The third-order valence-electron chi connectivity index (χ3n) is 2.83. The van der Waals surface area contributed by atoms with Crippen LogP contribution in [0, 0.1) is 0 Å². The topological polar surface area (TPSA) is 70.0 Å². The number of carboxylic acids is 1. The number of hydrogen-bond acceptors (Lipinski definition) is 4. The Morgan fingerprint density at radius 3 is 3.06 bits per heavy atom. The maximum absolute atomic E-state index is 10.5. The molecule has 0 saturated carbocycles. The third kappa shape index (κ3) is 2.50. The highest BCUT2D eigenvalue weighted by atomic mass is 16.5. The average Bonchev–Trinajstić information content (AvgIpc) is 2.28. The molecule has 5 nitrogen and oxygen atoms in total. The second-order valence-electron chi connectivity index (χ2n) is 4.11. The molecule has 0 fully saturated rings. The lowest BCUT2D eigenvalue weighted by Gasteiger charge is -2.28. The Morgan fingerprint density at radius 2 is 2.35 bits per heavy atom. The Morgan fingerprint density at radius 1 is 1.59 bits per heavy atom. The van der Waals surface area contributed by atoms with Crippen molar-refractivity contribution in [1.82, 2.24) is 0 Å². The maximum Gasteiger partial charge on any atom is 0.306 e. The molecule has 0 aromatic heterocycles. The van der Waals surface area contributed by atoms with E-state index in [1.807, 2.05) is 11.9 Å². The molecule has 17 heavy (non-hydrogen) atoms. The highest BCUT2D eigenvalue weighted by Gasteiger charge is 2.18. The normalized spacial score (nSPS) is 16.0. The number of benzene rings is 1. The number of hydrogen-bond donors (Lipinski definition) is 2. The summed E-state index contributed by atoms with van der Waals surface area (Å²) in [6, 6.07) is 5.25. The lowest BCUT2D eigenvalue weighted by molar-refractivity contribution is -0.139. The average molecular weight is 237 g/mol. The zero-order valence-electron chi connectivity index (χ0n) is 9.59. The van der Waals surface area contributed by atoms with E-state index in [-0.39, 0.29) is 6.42 Å². The number of aliphatic carboxylic acids is 1. The Kier molecular flexibility index (Phi) is 3.19. The predicted octanol–water partition coefficient (Wildman–Crippen LogP) is 1.02. The Bertz CT molecular complexity index is 433. The van der Waals surface area contributed by atoms with Crippen LogP contribution in [0.25, 0.3) is 0 Å². The smallest absolute Gasteiger partial charge is 0.306 e. The highest BCUT2D eigenvalue weighted by Crippen LogP contribution is 2.33. The third-order valence-corrected chi connectivity index (χ3v) is 2.83. The number of anilines is 1. The van der Waals surface area contributed by atoms with Crippen molar-refractivity contribution in [1.29, 1.82) is 0 Å². The number of aliphatic hydroxyl groups is 1. The Balaban J connectivity index is 2.25. The summed E-state index contributed by atoms with van der Waals surface area (Å²) in [6.07, 6.45) is -1.27. The molecule has 2 N–H and O–H groups in total. The number of nitrogens with zero attached hydrogens (tertiary/aromatic N) is 1. The molecule has 0 unspecified atom stereocenters. The zero-order valence-corrected chi connectivity index (χ0v) is 9.59. The summed E-state index contributed by atoms with van der Waals surface area (Å²) >= 11 is 0. The predicted molar refractivity (Wildman–Crippen MR) is 62.4 cm³/mol. The molecule has 0 radical (unpaired) electrons. The summed E-state index contributed by atoms with van der Waals surface area (Å²) in [6.45, 7) is 1.42. The fraction of sp³-hybridized carbons (Fsp3) is 0.417. The number of rotatable bonds is 3. The van der Waals surface area contributed by atoms with Gasteiger partial charge >= 0.3 is 5.97 Å². The van der Waals surface area contributed by atoms with Crippen molar-refractivity contribution >= 4 is 11.7 Å². The molecule has 0 bridgehead atoms. The first-order valence-corrected chi connectivity index (χ1v) is 5.45. The number of fused-ring (bicyclic) bond motifs is 1. The van der Waals surface area contributed by atoms with Gasteiger partial charge in [-0.05, 0) is 17.7 Å². The van der Waals surface area contributed by atoms with Crippen LogP contribution in [-0.4, -0.2) is 36.4 Å². The van der Waals surface area contributed by atoms with Crippen LogP contribution >= 0.6 is 0 Å². The number of carboxylic acid groups (broad SMARTS) is 1. The molecule has 0 saturated heterocycles. The van der Waals surface area contributed by atoms with Crippen molar-refractivity contribution in [3.05, 3.63) is 23.8 Å². The van der Waals surface area contributed by atoms with Crippen molar-refractivity contribution in [3.8, 4) is 5.75 Å². The molecule has 1 atom stereocenters. The SMILES string of the molecule is CN1CCOc2ccc([C@H](O)CC(=O)O)cc21. The summed E-state index contributed by atoms with van der Waals surface area (Å²) < 4.78 is 5.47. The van der Waals surface area contributed by atoms with Gasteiger partial charge in [0.25, 0.3) is 0 Å². The fourth-order valence-corrected chi connectivity index (χ4v) is 1.86. The largest absolute Gasteiger partial charge is 0.490 e. The van der Waals surface area contributed by atoms with E-state index in [1.165, 1.54) is 0 Å². The van der Waals surface area contributed by atoms with E-state index < -0.39 is 12.1 Å². The van der Waals surface area contributed by atoms with Gasteiger partial charge in [-0.1, -0.05) is 6.07 Å². The van der Waals surface area contributed by atoms with E-state index >= 15 is 0 Å². The van der Waals surface area contributed by atoms with Gasteiger partial charge in [0.15, 0.2) is 0 Å². The number of likely N-dealkylation sites (N-methyl/N-ethyl adjacent to an activating group) is 1. The van der Waals surface area contributed by atoms with Crippen LogP contribution in [0.5, 0.6) is 5.75 Å². The lowest BCUT2D eigenvalue weighted by Crippen LogP contribution is -2.28. The van der Waals surface area contributed by atoms with E-state index in [9.17, 15) is 9.90 Å². The molecular weight excluding hydrogens is 222 g/mol. The monoisotopic (exact) mass is 237 g/mol. The number of ether oxygens (including phenoxy) is 1. The van der Waals surface area contributed by atoms with Crippen molar-refractivity contribution in [3.63, 3.8) is 0 Å². The second kappa shape index (κ2) is 4.63. The number of aliphatic hydroxyl groups excluding tert-OH is 1. The summed E-state index contributed by atoms with van der Waals surface area (Å²) in [5.74, 6) is -0.246. The molecule has 5 heteroatoms. The lowest BCUT2D eigenvalue weighted by atomic mass is 10.0. The van der Waals surface area contributed by atoms with Crippen LogP contribution in [-0.2, 0) is 4.79 Å². The van der Waals surface area contributed by atoms with Crippen molar-refractivity contribution in [2.45, 2.75) is 12.5 Å². The van der Waals surface area contributed by atoms with Gasteiger partial charge in [0.1, 0.15) is 12.4 Å². The first kappa shape index (κ1) is 11.7. The second-order valence-corrected chi connectivity index (χ2v) is 4.11. The van der Waals surface area contributed by atoms with Crippen LogP contribution < -0.4 is 9.64 Å². The van der Waals surface area contributed by atoms with Crippen LogP contribution in [0.2, 0.25) is 0 Å². The van der Waals surface area contributed by atoms with E-state index in [2.05, 4.69) is 0 Å². The van der Waals surface area contributed by atoms with Crippen molar-refractivity contribution in [2.75, 3.05) is 25.1 Å². The molecule has 0 amide bonds. The first-order chi connectivity index (χ1) is 8.08. The van der Waals surface area contributed by atoms with Gasteiger partial charge in [-0.3, -0.25) is 4.79 Å². The summed E-state index contributed by atoms with van der Waals surface area (Å²) in [5.41, 5.74) is 1.49. The van der Waals surface area contributed by atoms with E-state index in [4.69, 9.17) is 9.84 Å². The van der Waals surface area contributed by atoms with Crippen molar-refractivity contribution in [2.24, 2.45) is 0 Å². The van der Waals surface area contributed by atoms with E-state index in [0.717, 1.165) is 18.0 Å². The molecule has 0 aliphatic carbocycles. The molecule has 0 spiro atoms. The maximum atomic E-state index is 10.5. The molecule has 1 aromatic carbocycles. The van der Waals surface area contributed by atoms with E-state index in [1.54, 1.807) is 18.2 Å². The van der Waals surface area contributed by atoms with Gasteiger partial charge < -0.3 is 19.8 Å².